The van der Waals surface area contributed by atoms with Crippen LogP contribution in [-0.2, 0) is 6.18 Å². The summed E-state index contributed by atoms with van der Waals surface area (Å²) in [5, 5.41) is 7.24. The Morgan fingerprint density at radius 1 is 1.21 bits per heavy atom. The molecule has 1 atom stereocenters. The molecule has 0 spiro atoms. The summed E-state index contributed by atoms with van der Waals surface area (Å²) < 4.78 is 40.9. The van der Waals surface area contributed by atoms with Crippen LogP contribution in [0.1, 0.15) is 25.8 Å². The van der Waals surface area contributed by atoms with E-state index in [0.29, 0.717) is 17.5 Å². The van der Waals surface area contributed by atoms with Crippen molar-refractivity contribution in [3.8, 4) is 11.3 Å². The van der Waals surface area contributed by atoms with Crippen LogP contribution < -0.4 is 10.6 Å². The highest BCUT2D eigenvalue weighted by Crippen LogP contribution is 2.39. The Morgan fingerprint density at radius 3 is 2.75 bits per heavy atom. The van der Waals surface area contributed by atoms with Crippen LogP contribution in [0.5, 0.6) is 0 Å². The number of anilines is 1. The molecule has 1 fully saturated rings. The maximum absolute atomic E-state index is 13.6. The molecule has 0 bridgehead atoms. The van der Waals surface area contributed by atoms with E-state index in [4.69, 9.17) is 0 Å². The molecule has 0 amide bonds. The minimum Gasteiger partial charge on any atom is -0.360 e. The third kappa shape index (κ3) is 3.44. The number of halogens is 3. The lowest BCUT2D eigenvalue weighted by molar-refractivity contribution is -0.137. The predicted molar refractivity (Wildman–Crippen MR) is 103 cm³/mol. The first-order valence-corrected chi connectivity index (χ1v) is 9.24. The Hall–Kier alpha value is -2.61. The van der Waals surface area contributed by atoms with Crippen LogP contribution in [0.3, 0.4) is 0 Å². The molecule has 1 aliphatic rings. The molecule has 1 saturated heterocycles. The van der Waals surface area contributed by atoms with Crippen molar-refractivity contribution in [2.75, 3.05) is 18.4 Å². The summed E-state index contributed by atoms with van der Waals surface area (Å²) >= 11 is 0. The van der Waals surface area contributed by atoms with Crippen molar-refractivity contribution in [1.82, 2.24) is 20.3 Å². The van der Waals surface area contributed by atoms with Crippen LogP contribution in [0.4, 0.5) is 19.1 Å². The lowest BCUT2D eigenvalue weighted by atomic mass is 9.79. The SMILES string of the molecule is CC1(C)CCNC[C@@H]1Nc1ncc(C(F)(F)F)c(-c2c[nH]c3ccccc23)n1. The van der Waals surface area contributed by atoms with Gasteiger partial charge in [0.15, 0.2) is 0 Å². The first-order chi connectivity index (χ1) is 13.3. The number of nitrogens with one attached hydrogen (secondary N) is 3. The molecule has 28 heavy (non-hydrogen) atoms. The van der Waals surface area contributed by atoms with Gasteiger partial charge >= 0.3 is 6.18 Å². The molecular weight excluding hydrogens is 367 g/mol. The van der Waals surface area contributed by atoms with Crippen molar-refractivity contribution in [1.29, 1.82) is 0 Å². The second-order valence-electron chi connectivity index (χ2n) is 7.84. The summed E-state index contributed by atoms with van der Waals surface area (Å²) in [6, 6.07) is 7.25. The summed E-state index contributed by atoms with van der Waals surface area (Å²) in [6.07, 6.45) is -1.15. The largest absolute Gasteiger partial charge is 0.419 e. The lowest BCUT2D eigenvalue weighted by Crippen LogP contribution is -2.50. The van der Waals surface area contributed by atoms with Gasteiger partial charge in [-0.1, -0.05) is 32.0 Å². The monoisotopic (exact) mass is 389 g/mol. The quantitative estimate of drug-likeness (QED) is 0.620. The van der Waals surface area contributed by atoms with Crippen molar-refractivity contribution < 1.29 is 13.2 Å². The number of hydrogen-bond acceptors (Lipinski definition) is 4. The maximum atomic E-state index is 13.6. The zero-order chi connectivity index (χ0) is 19.9. The van der Waals surface area contributed by atoms with Gasteiger partial charge < -0.3 is 15.6 Å². The average Bonchev–Trinajstić information content (AvgIpc) is 3.06. The van der Waals surface area contributed by atoms with Gasteiger partial charge in [-0.3, -0.25) is 0 Å². The molecule has 0 radical (unpaired) electrons. The topological polar surface area (TPSA) is 65.6 Å². The van der Waals surface area contributed by atoms with Crippen LogP contribution in [0.2, 0.25) is 0 Å². The van der Waals surface area contributed by atoms with Crippen LogP contribution >= 0.6 is 0 Å². The molecule has 3 aromatic rings. The molecule has 2 aromatic heterocycles. The standard InChI is InChI=1S/C20H22F3N5/c1-19(2)7-8-24-11-16(19)27-18-26-10-14(20(21,22)23)17(28-18)13-9-25-15-6-4-3-5-12(13)15/h3-6,9-10,16,24-25H,7-8,11H2,1-2H3,(H,26,27,28)/t16-/m0/s1. The number of nitrogens with zero attached hydrogens (tertiary/aromatic N) is 2. The molecule has 0 saturated carbocycles. The summed E-state index contributed by atoms with van der Waals surface area (Å²) in [7, 11) is 0. The Bertz CT molecular complexity index is 993. The van der Waals surface area contributed by atoms with Crippen molar-refractivity contribution in [3.63, 3.8) is 0 Å². The summed E-state index contributed by atoms with van der Waals surface area (Å²) in [5.74, 6) is 0.204. The Morgan fingerprint density at radius 2 is 2.00 bits per heavy atom. The van der Waals surface area contributed by atoms with Gasteiger partial charge in [0, 0.05) is 41.4 Å². The molecule has 8 heteroatoms. The maximum Gasteiger partial charge on any atom is 0.419 e. The van der Waals surface area contributed by atoms with Crippen molar-refractivity contribution in [3.05, 3.63) is 42.2 Å². The lowest BCUT2D eigenvalue weighted by Gasteiger charge is -2.39. The minimum absolute atomic E-state index is 0.0156. The number of benzene rings is 1. The van der Waals surface area contributed by atoms with Gasteiger partial charge in [0.05, 0.1) is 5.69 Å². The number of alkyl halides is 3. The molecule has 148 valence electrons. The first kappa shape index (κ1) is 18.7. The summed E-state index contributed by atoms with van der Waals surface area (Å²) in [6.45, 7) is 5.89. The molecule has 3 N–H and O–H groups in total. The van der Waals surface area contributed by atoms with Crippen LogP contribution in [-0.4, -0.2) is 34.1 Å². The van der Waals surface area contributed by atoms with E-state index in [2.05, 4.69) is 39.4 Å². The Kier molecular flexibility index (Phi) is 4.53. The number of aromatic amines is 1. The highest BCUT2D eigenvalue weighted by molar-refractivity contribution is 5.95. The normalized spacial score (nSPS) is 19.7. The third-order valence-corrected chi connectivity index (χ3v) is 5.48. The highest BCUT2D eigenvalue weighted by Gasteiger charge is 2.37. The summed E-state index contributed by atoms with van der Waals surface area (Å²) in [4.78, 5) is 11.3. The fourth-order valence-corrected chi connectivity index (χ4v) is 3.64. The van der Waals surface area contributed by atoms with Crippen molar-refractivity contribution in [2.24, 2.45) is 5.41 Å². The van der Waals surface area contributed by atoms with E-state index in [9.17, 15) is 13.2 Å². The van der Waals surface area contributed by atoms with Crippen molar-refractivity contribution >= 4 is 16.9 Å². The number of H-pyrrole nitrogens is 1. The van der Waals surface area contributed by atoms with Gasteiger partial charge in [-0.2, -0.15) is 13.2 Å². The molecule has 4 rings (SSSR count). The Balaban J connectivity index is 1.78. The van der Waals surface area contributed by atoms with Gasteiger partial charge in [0.1, 0.15) is 5.56 Å². The van der Waals surface area contributed by atoms with Gasteiger partial charge in [-0.25, -0.2) is 9.97 Å². The van der Waals surface area contributed by atoms with E-state index >= 15 is 0 Å². The molecular formula is C20H22F3N5. The number of hydrogen-bond donors (Lipinski definition) is 3. The highest BCUT2D eigenvalue weighted by atomic mass is 19.4. The van der Waals surface area contributed by atoms with Gasteiger partial charge in [0.2, 0.25) is 5.95 Å². The van der Waals surface area contributed by atoms with E-state index in [1.54, 1.807) is 18.3 Å². The molecule has 3 heterocycles. The van der Waals surface area contributed by atoms with E-state index in [-0.39, 0.29) is 23.1 Å². The molecule has 5 nitrogen and oxygen atoms in total. The third-order valence-electron chi connectivity index (χ3n) is 5.48. The van der Waals surface area contributed by atoms with E-state index in [1.165, 1.54) is 0 Å². The smallest absolute Gasteiger partial charge is 0.360 e. The Labute approximate surface area is 160 Å². The number of para-hydroxylation sites is 1. The fraction of sp³-hybridized carbons (Fsp3) is 0.400. The fourth-order valence-electron chi connectivity index (χ4n) is 3.64. The number of piperidine rings is 1. The minimum atomic E-state index is -4.54. The van der Waals surface area contributed by atoms with E-state index < -0.39 is 11.7 Å². The van der Waals surface area contributed by atoms with Crippen molar-refractivity contribution in [2.45, 2.75) is 32.5 Å². The number of rotatable bonds is 3. The van der Waals surface area contributed by atoms with Crippen LogP contribution in [0.25, 0.3) is 22.2 Å². The van der Waals surface area contributed by atoms with Gasteiger partial charge in [0.25, 0.3) is 0 Å². The molecule has 1 aromatic carbocycles. The van der Waals surface area contributed by atoms with Gasteiger partial charge in [-0.05, 0) is 24.4 Å². The second-order valence-corrected chi connectivity index (χ2v) is 7.84. The average molecular weight is 389 g/mol. The van der Waals surface area contributed by atoms with E-state index in [0.717, 1.165) is 24.7 Å². The van der Waals surface area contributed by atoms with Crippen LogP contribution in [0, 0.1) is 5.41 Å². The zero-order valence-electron chi connectivity index (χ0n) is 15.7. The van der Waals surface area contributed by atoms with Gasteiger partial charge in [-0.15, -0.1) is 0 Å². The molecule has 1 aliphatic heterocycles. The zero-order valence-corrected chi connectivity index (χ0v) is 15.7. The predicted octanol–water partition coefficient (Wildman–Crippen LogP) is 4.44. The van der Waals surface area contributed by atoms with E-state index in [1.807, 2.05) is 12.1 Å². The summed E-state index contributed by atoms with van der Waals surface area (Å²) in [5.41, 5.74) is 0.191. The molecule has 0 unspecified atom stereocenters. The number of fused-ring (bicyclic) bond motifs is 1. The molecule has 0 aliphatic carbocycles. The first-order valence-electron chi connectivity index (χ1n) is 9.24. The number of aromatic nitrogens is 3. The van der Waals surface area contributed by atoms with Crippen LogP contribution in [0.15, 0.2) is 36.7 Å². The second kappa shape index (κ2) is 6.77.